The van der Waals surface area contributed by atoms with Crippen molar-refractivity contribution in [2.24, 2.45) is 0 Å². The highest BCUT2D eigenvalue weighted by Gasteiger charge is 2.52. The maximum Gasteiger partial charge on any atom is 0.338 e. The van der Waals surface area contributed by atoms with Gasteiger partial charge in [0, 0.05) is 63.5 Å². The van der Waals surface area contributed by atoms with Gasteiger partial charge in [0.2, 0.25) is 11.8 Å². The van der Waals surface area contributed by atoms with Crippen molar-refractivity contribution in [2.75, 3.05) is 20.7 Å². The monoisotopic (exact) mass is 831 g/mol. The number of aliphatic hydroxyl groups is 1. The minimum absolute atomic E-state index is 0.0352. The van der Waals surface area contributed by atoms with Crippen LogP contribution in [-0.4, -0.2) is 96.1 Å². The Morgan fingerprint density at radius 2 is 1.62 bits per heavy atom. The van der Waals surface area contributed by atoms with Gasteiger partial charge in [-0.15, -0.1) is 0 Å². The van der Waals surface area contributed by atoms with E-state index in [1.807, 2.05) is 0 Å². The van der Waals surface area contributed by atoms with Crippen molar-refractivity contribution in [3.8, 4) is 0 Å². The SMILES string of the molecule is CCCCCC1(CCCCC)OC2C=C(C(=O)NCc3cccc(C(=O)NC(CO)CCC(=O)OC(C)(C)C)c3)CC(OC(=O)c3cccc(C=CC(=O)N(C)C)c3)C2O1. The number of carbonyl (C=O) groups is 5. The minimum Gasteiger partial charge on any atom is -0.460 e. The number of unbranched alkanes of at least 4 members (excludes halogenated alkanes) is 4. The lowest BCUT2D eigenvalue weighted by atomic mass is 9.91. The Morgan fingerprint density at radius 3 is 2.27 bits per heavy atom. The summed E-state index contributed by atoms with van der Waals surface area (Å²) in [6, 6.07) is 12.9. The summed E-state index contributed by atoms with van der Waals surface area (Å²) >= 11 is 0. The summed E-state index contributed by atoms with van der Waals surface area (Å²) in [5.74, 6) is -2.87. The van der Waals surface area contributed by atoms with Gasteiger partial charge < -0.3 is 39.6 Å². The summed E-state index contributed by atoms with van der Waals surface area (Å²) in [6.07, 6.45) is 10.4. The number of rotatable bonds is 21. The molecule has 3 N–H and O–H groups in total. The molecule has 0 aromatic heterocycles. The van der Waals surface area contributed by atoms with Crippen LogP contribution in [0.4, 0.5) is 0 Å². The average molecular weight is 832 g/mol. The fourth-order valence-electron chi connectivity index (χ4n) is 7.17. The van der Waals surface area contributed by atoms with Crippen molar-refractivity contribution >= 4 is 35.7 Å². The van der Waals surface area contributed by atoms with Crippen molar-refractivity contribution in [3.63, 3.8) is 0 Å². The second-order valence-corrected chi connectivity index (χ2v) is 16.9. The van der Waals surface area contributed by atoms with Crippen LogP contribution in [0, 0.1) is 0 Å². The van der Waals surface area contributed by atoms with Gasteiger partial charge in [-0.3, -0.25) is 19.2 Å². The number of hydrogen-bond donors (Lipinski definition) is 3. The standard InChI is InChI=1S/C47H65N3O10/c1-8-10-12-24-47(25-13-11-9-2)58-39-29-36(28-38(42(39)60-47)57-45(56)35-19-14-16-32(26-35)20-22-40(52)50(6)7)43(54)48-30-33-17-15-18-34(27-33)44(55)49-37(31-51)21-23-41(53)59-46(3,4)5/h14-20,22,26-27,29,37-39,42,51H,8-13,21,23-25,28,30-31H2,1-7H3,(H,48,54)(H,49,55). The molecule has 60 heavy (non-hydrogen) atoms. The van der Waals surface area contributed by atoms with Crippen molar-refractivity contribution in [3.05, 3.63) is 88.5 Å². The maximum atomic E-state index is 13.9. The van der Waals surface area contributed by atoms with E-state index >= 15 is 0 Å². The summed E-state index contributed by atoms with van der Waals surface area (Å²) in [4.78, 5) is 66.6. The summed E-state index contributed by atoms with van der Waals surface area (Å²) in [6.45, 7) is 9.35. The van der Waals surface area contributed by atoms with Gasteiger partial charge in [-0.2, -0.15) is 0 Å². The predicted molar refractivity (Wildman–Crippen MR) is 229 cm³/mol. The fourth-order valence-corrected chi connectivity index (χ4v) is 7.17. The Hall–Kier alpha value is -4.85. The molecule has 13 nitrogen and oxygen atoms in total. The zero-order valence-corrected chi connectivity index (χ0v) is 36.4. The summed E-state index contributed by atoms with van der Waals surface area (Å²) in [5, 5.41) is 15.6. The van der Waals surface area contributed by atoms with Crippen molar-refractivity contribution < 1.29 is 48.0 Å². The third-order valence-corrected chi connectivity index (χ3v) is 10.3. The van der Waals surface area contributed by atoms with Crippen LogP contribution in [0.3, 0.4) is 0 Å². The Bertz CT molecular complexity index is 1840. The van der Waals surface area contributed by atoms with E-state index in [4.69, 9.17) is 18.9 Å². The summed E-state index contributed by atoms with van der Waals surface area (Å²) < 4.78 is 25.0. The predicted octanol–water partition coefficient (Wildman–Crippen LogP) is 6.81. The van der Waals surface area contributed by atoms with E-state index in [9.17, 15) is 29.1 Å². The molecule has 2 aromatic rings. The molecule has 0 bridgehead atoms. The number of carbonyl (C=O) groups excluding carboxylic acids is 5. The van der Waals surface area contributed by atoms with Crippen LogP contribution in [-0.2, 0) is 39.9 Å². The molecule has 13 heteroatoms. The Balaban J connectivity index is 1.50. The first kappa shape index (κ1) is 47.8. The zero-order valence-electron chi connectivity index (χ0n) is 36.4. The summed E-state index contributed by atoms with van der Waals surface area (Å²) in [7, 11) is 3.32. The van der Waals surface area contributed by atoms with Gasteiger partial charge in [0.05, 0.1) is 18.2 Å². The first-order chi connectivity index (χ1) is 28.5. The highest BCUT2D eigenvalue weighted by Crippen LogP contribution is 2.43. The number of fused-ring (bicyclic) bond motifs is 1. The van der Waals surface area contributed by atoms with Crippen molar-refractivity contribution in [1.29, 1.82) is 0 Å². The highest BCUT2D eigenvalue weighted by atomic mass is 16.8. The van der Waals surface area contributed by atoms with Gasteiger partial charge in [0.25, 0.3) is 5.91 Å². The van der Waals surface area contributed by atoms with E-state index in [0.29, 0.717) is 40.7 Å². The van der Waals surface area contributed by atoms with Gasteiger partial charge in [0.1, 0.15) is 23.9 Å². The molecule has 328 valence electrons. The number of nitrogens with zero attached hydrogens (tertiary/aromatic N) is 1. The van der Waals surface area contributed by atoms with E-state index in [1.54, 1.807) is 95.5 Å². The molecule has 2 aromatic carbocycles. The molecule has 0 radical (unpaired) electrons. The number of nitrogens with one attached hydrogen (secondary N) is 2. The first-order valence-electron chi connectivity index (χ1n) is 21.3. The summed E-state index contributed by atoms with van der Waals surface area (Å²) in [5.41, 5.74) is 1.69. The first-order valence-corrected chi connectivity index (χ1v) is 21.3. The van der Waals surface area contributed by atoms with E-state index in [1.165, 1.54) is 11.0 Å². The van der Waals surface area contributed by atoms with Gasteiger partial charge in [-0.1, -0.05) is 63.8 Å². The lowest BCUT2D eigenvalue weighted by molar-refractivity contribution is -0.190. The number of amides is 3. The Labute approximate surface area is 355 Å². The van der Waals surface area contributed by atoms with Crippen molar-refractivity contribution in [1.82, 2.24) is 15.5 Å². The lowest BCUT2D eigenvalue weighted by Crippen LogP contribution is -2.43. The molecule has 0 spiro atoms. The smallest absolute Gasteiger partial charge is 0.338 e. The topological polar surface area (TPSA) is 170 Å². The van der Waals surface area contributed by atoms with Crippen LogP contribution >= 0.6 is 0 Å². The second-order valence-electron chi connectivity index (χ2n) is 16.9. The van der Waals surface area contributed by atoms with Crippen LogP contribution in [0.25, 0.3) is 6.08 Å². The van der Waals surface area contributed by atoms with Crippen molar-refractivity contribution in [2.45, 2.75) is 148 Å². The average Bonchev–Trinajstić information content (AvgIpc) is 3.58. The highest BCUT2D eigenvalue weighted by molar-refractivity contribution is 5.96. The van der Waals surface area contributed by atoms with E-state index in [-0.39, 0.29) is 44.2 Å². The molecule has 1 aliphatic carbocycles. The van der Waals surface area contributed by atoms with Crippen LogP contribution in [0.1, 0.15) is 137 Å². The molecule has 0 saturated carbocycles. The molecule has 3 amide bonds. The van der Waals surface area contributed by atoms with Gasteiger partial charge in [-0.25, -0.2) is 4.79 Å². The number of likely N-dealkylation sites (N-methyl/N-ethyl adjacent to an activating group) is 1. The normalized spacial score (nSPS) is 18.9. The van der Waals surface area contributed by atoms with Crippen LogP contribution in [0.2, 0.25) is 0 Å². The minimum atomic E-state index is -0.873. The van der Waals surface area contributed by atoms with E-state index in [0.717, 1.165) is 38.5 Å². The molecule has 1 aliphatic heterocycles. The van der Waals surface area contributed by atoms with E-state index in [2.05, 4.69) is 24.5 Å². The second kappa shape index (κ2) is 22.7. The Morgan fingerprint density at radius 1 is 0.933 bits per heavy atom. The zero-order chi connectivity index (χ0) is 43.9. The van der Waals surface area contributed by atoms with Gasteiger partial charge >= 0.3 is 11.9 Å². The lowest BCUT2D eigenvalue weighted by Gasteiger charge is -2.31. The molecule has 1 saturated heterocycles. The molecule has 1 heterocycles. The Kier molecular flexibility index (Phi) is 18.1. The number of hydrogen-bond acceptors (Lipinski definition) is 10. The third-order valence-electron chi connectivity index (χ3n) is 10.3. The molecule has 4 rings (SSSR count). The molecule has 4 atom stereocenters. The van der Waals surface area contributed by atoms with Crippen LogP contribution < -0.4 is 10.6 Å². The molecule has 4 unspecified atom stereocenters. The maximum absolute atomic E-state index is 13.9. The van der Waals surface area contributed by atoms with Crippen LogP contribution in [0.15, 0.2) is 66.3 Å². The number of aliphatic hydroxyl groups excluding tert-OH is 1. The largest absolute Gasteiger partial charge is 0.460 e. The number of ether oxygens (including phenoxy) is 4. The molecular weight excluding hydrogens is 767 g/mol. The molecule has 2 aliphatic rings. The van der Waals surface area contributed by atoms with Crippen LogP contribution in [0.5, 0.6) is 0 Å². The van der Waals surface area contributed by atoms with E-state index < -0.39 is 53.6 Å². The molecular formula is C47H65N3O10. The van der Waals surface area contributed by atoms with Gasteiger partial charge in [0.15, 0.2) is 5.79 Å². The molecule has 1 fully saturated rings. The fraction of sp³-hybridized carbons (Fsp3) is 0.553. The number of benzene rings is 2. The third kappa shape index (κ3) is 14.7. The van der Waals surface area contributed by atoms with Gasteiger partial charge in [-0.05, 0) is 87.6 Å². The number of esters is 2. The quantitative estimate of drug-likeness (QED) is 0.0690.